The Bertz CT molecular complexity index is 1180. The van der Waals surface area contributed by atoms with Gasteiger partial charge >= 0.3 is 12.1 Å². The van der Waals surface area contributed by atoms with E-state index in [4.69, 9.17) is 15.2 Å². The van der Waals surface area contributed by atoms with E-state index < -0.39 is 24.1 Å². The lowest BCUT2D eigenvalue weighted by atomic mass is 9.98. The van der Waals surface area contributed by atoms with Crippen LogP contribution in [-0.2, 0) is 25.7 Å². The van der Waals surface area contributed by atoms with Gasteiger partial charge in [-0.2, -0.15) is 0 Å². The number of nitrogens with two attached hydrogens (primary N) is 1. The largest absolute Gasteiger partial charge is 0.459 e. The molecule has 0 fully saturated rings. The highest BCUT2D eigenvalue weighted by Crippen LogP contribution is 2.44. The van der Waals surface area contributed by atoms with E-state index in [2.05, 4.69) is 17.4 Å². The molecule has 0 aliphatic heterocycles. The molecular weight excluding hydrogens is 456 g/mol. The number of esters is 1. The minimum Gasteiger partial charge on any atom is -0.459 e. The van der Waals surface area contributed by atoms with E-state index in [-0.39, 0.29) is 37.8 Å². The maximum Gasteiger partial charge on any atom is 0.407 e. The van der Waals surface area contributed by atoms with Crippen molar-refractivity contribution in [3.8, 4) is 11.1 Å². The molecule has 3 aromatic carbocycles. The first-order valence-electron chi connectivity index (χ1n) is 12.0. The number of ketones is 1. The first kappa shape index (κ1) is 25.1. The zero-order chi connectivity index (χ0) is 25.5. The number of carbonyl (C=O) groups excluding carboxylic acids is 3. The topological polar surface area (TPSA) is 108 Å². The van der Waals surface area contributed by atoms with Crippen molar-refractivity contribution in [3.63, 3.8) is 0 Å². The second-order valence-corrected chi connectivity index (χ2v) is 8.91. The lowest BCUT2D eigenvalue weighted by Gasteiger charge is -2.19. The van der Waals surface area contributed by atoms with Crippen LogP contribution in [0.5, 0.6) is 0 Å². The SMILES string of the molecule is C[C@@H](N)C(=O)CC[C@H](NC(=O)OCC1c2ccccc2-c2ccccc21)C(=O)OCc1ccccc1. The minimum atomic E-state index is -1.04. The molecule has 7 heteroatoms. The van der Waals surface area contributed by atoms with E-state index in [1.807, 2.05) is 66.7 Å². The van der Waals surface area contributed by atoms with Crippen LogP contribution in [0, 0.1) is 0 Å². The van der Waals surface area contributed by atoms with Gasteiger partial charge in [-0.3, -0.25) is 4.79 Å². The van der Waals surface area contributed by atoms with Gasteiger partial charge in [0.1, 0.15) is 25.0 Å². The number of alkyl carbamates (subject to hydrolysis) is 1. The summed E-state index contributed by atoms with van der Waals surface area (Å²) in [7, 11) is 0. The van der Waals surface area contributed by atoms with Gasteiger partial charge in [-0.05, 0) is 41.2 Å². The smallest absolute Gasteiger partial charge is 0.407 e. The summed E-state index contributed by atoms with van der Waals surface area (Å²) in [5.41, 5.74) is 10.9. The van der Waals surface area contributed by atoms with Crippen LogP contribution in [0.25, 0.3) is 11.1 Å². The van der Waals surface area contributed by atoms with Gasteiger partial charge in [0.25, 0.3) is 0 Å². The van der Waals surface area contributed by atoms with Crippen LogP contribution in [-0.4, -0.2) is 36.5 Å². The molecule has 1 aliphatic rings. The predicted octanol–water partition coefficient (Wildman–Crippen LogP) is 4.33. The summed E-state index contributed by atoms with van der Waals surface area (Å²) in [5.74, 6) is -0.943. The summed E-state index contributed by atoms with van der Waals surface area (Å²) in [4.78, 5) is 37.6. The molecule has 7 nitrogen and oxygen atoms in total. The molecule has 3 N–H and O–H groups in total. The molecule has 0 spiro atoms. The van der Waals surface area contributed by atoms with Crippen LogP contribution in [0.15, 0.2) is 78.9 Å². The normalized spacial score (nSPS) is 13.7. The van der Waals surface area contributed by atoms with E-state index >= 15 is 0 Å². The highest BCUT2D eigenvalue weighted by molar-refractivity contribution is 5.86. The number of Topliss-reactive ketones (excluding diaryl/α,β-unsaturated/α-hetero) is 1. The Morgan fingerprint density at radius 1 is 0.861 bits per heavy atom. The maximum absolute atomic E-state index is 12.8. The average molecular weight is 487 g/mol. The van der Waals surface area contributed by atoms with Gasteiger partial charge in [-0.1, -0.05) is 78.9 Å². The third-order valence-electron chi connectivity index (χ3n) is 6.33. The molecule has 36 heavy (non-hydrogen) atoms. The van der Waals surface area contributed by atoms with Gasteiger partial charge in [-0.25, -0.2) is 9.59 Å². The van der Waals surface area contributed by atoms with E-state index in [9.17, 15) is 14.4 Å². The van der Waals surface area contributed by atoms with Crippen molar-refractivity contribution < 1.29 is 23.9 Å². The zero-order valence-electron chi connectivity index (χ0n) is 20.2. The highest BCUT2D eigenvalue weighted by atomic mass is 16.6. The second-order valence-electron chi connectivity index (χ2n) is 8.91. The molecule has 0 heterocycles. The lowest BCUT2D eigenvalue weighted by molar-refractivity contribution is -0.147. The summed E-state index contributed by atoms with van der Waals surface area (Å²) in [5, 5.41) is 2.59. The number of fused-ring (bicyclic) bond motifs is 3. The molecule has 3 aromatic rings. The Labute approximate surface area is 210 Å². The summed E-state index contributed by atoms with van der Waals surface area (Å²) in [6, 6.07) is 23.6. The van der Waals surface area contributed by atoms with Crippen molar-refractivity contribution in [2.75, 3.05) is 6.61 Å². The molecule has 0 aromatic heterocycles. The molecule has 0 radical (unpaired) electrons. The Kier molecular flexibility index (Phi) is 8.13. The predicted molar refractivity (Wildman–Crippen MR) is 136 cm³/mol. The Hall–Kier alpha value is -3.97. The van der Waals surface area contributed by atoms with Crippen LogP contribution in [0.1, 0.15) is 42.4 Å². The Morgan fingerprint density at radius 3 is 2.06 bits per heavy atom. The number of nitrogens with one attached hydrogen (secondary N) is 1. The van der Waals surface area contributed by atoms with Gasteiger partial charge in [0.15, 0.2) is 0 Å². The van der Waals surface area contributed by atoms with Gasteiger partial charge in [-0.15, -0.1) is 0 Å². The molecule has 0 unspecified atom stereocenters. The van der Waals surface area contributed by atoms with Crippen LogP contribution in [0.4, 0.5) is 4.79 Å². The van der Waals surface area contributed by atoms with Crippen molar-refractivity contribution in [1.29, 1.82) is 0 Å². The van der Waals surface area contributed by atoms with Gasteiger partial charge in [0.05, 0.1) is 6.04 Å². The first-order valence-corrected chi connectivity index (χ1v) is 12.0. The summed E-state index contributed by atoms with van der Waals surface area (Å²) >= 11 is 0. The van der Waals surface area contributed by atoms with Gasteiger partial charge in [0.2, 0.25) is 0 Å². The number of rotatable bonds is 10. The van der Waals surface area contributed by atoms with E-state index in [1.165, 1.54) is 0 Å². The van der Waals surface area contributed by atoms with Gasteiger partial charge < -0.3 is 20.5 Å². The molecular formula is C29H30N2O5. The van der Waals surface area contributed by atoms with Crippen molar-refractivity contribution in [2.24, 2.45) is 5.73 Å². The molecule has 186 valence electrons. The first-order chi connectivity index (χ1) is 17.4. The van der Waals surface area contributed by atoms with Crippen LogP contribution < -0.4 is 11.1 Å². The third-order valence-corrected chi connectivity index (χ3v) is 6.33. The molecule has 0 bridgehead atoms. The van der Waals surface area contributed by atoms with Crippen LogP contribution in [0.2, 0.25) is 0 Å². The Morgan fingerprint density at radius 2 is 1.44 bits per heavy atom. The lowest BCUT2D eigenvalue weighted by Crippen LogP contribution is -2.43. The minimum absolute atomic E-state index is 0.0342. The van der Waals surface area contributed by atoms with Crippen molar-refractivity contribution >= 4 is 17.8 Å². The summed E-state index contributed by atoms with van der Waals surface area (Å²) in [6.45, 7) is 1.76. The van der Waals surface area contributed by atoms with E-state index in [1.54, 1.807) is 6.92 Å². The number of carbonyl (C=O) groups is 3. The fraction of sp³-hybridized carbons (Fsp3) is 0.276. The van der Waals surface area contributed by atoms with Crippen LogP contribution >= 0.6 is 0 Å². The highest BCUT2D eigenvalue weighted by Gasteiger charge is 2.30. The Balaban J connectivity index is 1.40. The molecule has 2 atom stereocenters. The summed E-state index contributed by atoms with van der Waals surface area (Å²) in [6.07, 6.45) is -0.642. The number of benzene rings is 3. The standard InChI is InChI=1S/C29H30N2O5/c1-19(30)27(32)16-15-26(28(33)35-17-20-9-3-2-4-10-20)31-29(34)36-18-25-23-13-7-5-11-21(23)22-12-6-8-14-24(22)25/h2-14,19,25-26H,15-18,30H2,1H3,(H,31,34)/t19-,26+/m1/s1. The van der Waals surface area contributed by atoms with E-state index in [0.29, 0.717) is 0 Å². The van der Waals surface area contributed by atoms with Crippen molar-refractivity contribution in [3.05, 3.63) is 95.6 Å². The third kappa shape index (κ3) is 5.98. The number of hydrogen-bond acceptors (Lipinski definition) is 6. The fourth-order valence-corrected chi connectivity index (χ4v) is 4.37. The quantitative estimate of drug-likeness (QED) is 0.413. The fourth-order valence-electron chi connectivity index (χ4n) is 4.37. The summed E-state index contributed by atoms with van der Waals surface area (Å²) < 4.78 is 11.0. The molecule has 4 rings (SSSR count). The number of hydrogen-bond donors (Lipinski definition) is 2. The molecule has 0 saturated carbocycles. The molecule has 1 amide bonds. The molecule has 0 saturated heterocycles. The zero-order valence-corrected chi connectivity index (χ0v) is 20.2. The average Bonchev–Trinajstić information content (AvgIpc) is 3.22. The van der Waals surface area contributed by atoms with Crippen molar-refractivity contribution in [2.45, 2.75) is 44.4 Å². The van der Waals surface area contributed by atoms with Gasteiger partial charge in [0, 0.05) is 12.3 Å². The number of amides is 1. The second kappa shape index (κ2) is 11.6. The van der Waals surface area contributed by atoms with Crippen molar-refractivity contribution in [1.82, 2.24) is 5.32 Å². The molecule has 1 aliphatic carbocycles. The van der Waals surface area contributed by atoms with E-state index in [0.717, 1.165) is 27.8 Å². The van der Waals surface area contributed by atoms with Crippen LogP contribution in [0.3, 0.4) is 0 Å². The maximum atomic E-state index is 12.8. The monoisotopic (exact) mass is 486 g/mol. The number of ether oxygens (including phenoxy) is 2.